The Morgan fingerprint density at radius 2 is 1.10 bits per heavy atom. The first kappa shape index (κ1) is 22.0. The first-order valence-electron chi connectivity index (χ1n) is 9.09. The van der Waals surface area contributed by atoms with Crippen molar-refractivity contribution in [3.05, 3.63) is 60.4 Å². The van der Waals surface area contributed by atoms with E-state index in [1.54, 1.807) is 70.6 Å². The minimum Gasteiger partial charge on any atom is -0.259 e. The molecule has 3 aromatic heterocycles. The van der Waals surface area contributed by atoms with Gasteiger partial charge in [-0.15, -0.1) is 0 Å². The van der Waals surface area contributed by atoms with Crippen LogP contribution in [0.5, 0.6) is 0 Å². The molecule has 0 unspecified atom stereocenters. The van der Waals surface area contributed by atoms with Gasteiger partial charge in [0, 0.05) is 41.5 Å². The molecule has 3 aromatic rings. The van der Waals surface area contributed by atoms with Crippen molar-refractivity contribution in [2.75, 3.05) is 0 Å². The summed E-state index contributed by atoms with van der Waals surface area (Å²) in [6.07, 6.45) is 6.21. The van der Waals surface area contributed by atoms with E-state index in [0.29, 0.717) is 33.9 Å². The van der Waals surface area contributed by atoms with Crippen LogP contribution in [0.2, 0.25) is 0 Å². The first-order chi connectivity index (χ1) is 14.1. The third-order valence-corrected chi connectivity index (χ3v) is 7.14. The van der Waals surface area contributed by atoms with E-state index in [0.717, 1.165) is 0 Å². The summed E-state index contributed by atoms with van der Waals surface area (Å²) < 4.78 is 44.6. The van der Waals surface area contributed by atoms with E-state index in [-0.39, 0.29) is 0 Å². The number of hydrogen-bond donors (Lipinski definition) is 2. The fourth-order valence-corrected chi connectivity index (χ4v) is 3.68. The lowest BCUT2D eigenvalue weighted by molar-refractivity contribution is 0.571. The van der Waals surface area contributed by atoms with Gasteiger partial charge in [0.05, 0.1) is 11.4 Å². The topological polar surface area (TPSA) is 120 Å². The van der Waals surface area contributed by atoms with Crippen molar-refractivity contribution >= 4 is 21.4 Å². The van der Waals surface area contributed by atoms with Crippen molar-refractivity contribution in [1.29, 1.82) is 0 Å². The lowest BCUT2D eigenvalue weighted by atomic mass is 9.98. The quantitative estimate of drug-likeness (QED) is 0.554. The summed E-state index contributed by atoms with van der Waals surface area (Å²) in [5.41, 5.74) is 2.50. The Hall–Kier alpha value is -2.72. The summed E-state index contributed by atoms with van der Waals surface area (Å²) in [7, 11) is -5.54. The Labute approximate surface area is 178 Å². The molecule has 0 aliphatic carbocycles. The molecule has 0 amide bonds. The average molecular weight is 447 g/mol. The molecule has 0 spiro atoms. The van der Waals surface area contributed by atoms with Gasteiger partial charge in [0.1, 0.15) is 9.49 Å². The number of rotatable bonds is 6. The fourth-order valence-electron chi connectivity index (χ4n) is 2.98. The molecule has 0 atom stereocenters. The molecule has 0 aliphatic heterocycles. The van der Waals surface area contributed by atoms with Gasteiger partial charge < -0.3 is 0 Å². The standard InChI is InChI=1S/C20H22N4O4S2/c1-19(2,29(25)26)16-14(7-5-9-21-16)13-11-23-18(24-12-13)15-8-6-10-22-17(15)20(3,4)30(27)28/h5-12,29-30H,1-4H3. The lowest BCUT2D eigenvalue weighted by Crippen LogP contribution is -2.22. The van der Waals surface area contributed by atoms with E-state index in [2.05, 4.69) is 19.9 Å². The minimum atomic E-state index is -2.78. The maximum Gasteiger partial charge on any atom is 0.161 e. The normalized spacial score (nSPS) is 12.5. The van der Waals surface area contributed by atoms with Crippen LogP contribution < -0.4 is 0 Å². The molecular weight excluding hydrogens is 424 g/mol. The number of nitrogens with zero attached hydrogens (tertiary/aromatic N) is 4. The first-order valence-corrected chi connectivity index (χ1v) is 11.4. The van der Waals surface area contributed by atoms with Crippen molar-refractivity contribution in [3.8, 4) is 22.5 Å². The summed E-state index contributed by atoms with van der Waals surface area (Å²) >= 11 is 0. The monoisotopic (exact) mass is 446 g/mol. The number of hydrogen-bond acceptors (Lipinski definition) is 8. The SMILES string of the molecule is CC(C)(c1ncccc1-c1cnc(-c2cccnc2C(C)(C)[SH](=O)=O)nc1)[SH](=O)=O. The van der Waals surface area contributed by atoms with E-state index in [4.69, 9.17) is 0 Å². The highest BCUT2D eigenvalue weighted by Crippen LogP contribution is 2.33. The van der Waals surface area contributed by atoms with Crippen molar-refractivity contribution in [3.63, 3.8) is 0 Å². The fraction of sp³-hybridized carbons (Fsp3) is 0.300. The van der Waals surface area contributed by atoms with Crippen LogP contribution in [0.3, 0.4) is 0 Å². The smallest absolute Gasteiger partial charge is 0.161 e. The molecule has 0 aliphatic rings. The second kappa shape index (κ2) is 8.19. The molecule has 158 valence electrons. The Balaban J connectivity index is 2.10. The molecule has 10 heteroatoms. The van der Waals surface area contributed by atoms with Crippen LogP contribution >= 0.6 is 0 Å². The molecule has 0 aromatic carbocycles. The summed E-state index contributed by atoms with van der Waals surface area (Å²) in [5, 5.41) is 0. The molecule has 0 N–H and O–H groups in total. The zero-order chi connectivity index (χ0) is 22.1. The maximum absolute atomic E-state index is 11.7. The maximum atomic E-state index is 11.7. The van der Waals surface area contributed by atoms with Crippen LogP contribution in [0.1, 0.15) is 39.1 Å². The number of thiol groups is 2. The van der Waals surface area contributed by atoms with Gasteiger partial charge in [-0.25, -0.2) is 26.8 Å². The number of pyridine rings is 2. The van der Waals surface area contributed by atoms with Crippen molar-refractivity contribution in [2.24, 2.45) is 0 Å². The predicted octanol–water partition coefficient (Wildman–Crippen LogP) is 2.29. The average Bonchev–Trinajstić information content (AvgIpc) is 2.73. The Kier molecular flexibility index (Phi) is 6.00. The molecular formula is C20H22N4O4S2. The third-order valence-electron chi connectivity index (χ3n) is 4.89. The van der Waals surface area contributed by atoms with Gasteiger partial charge in [-0.2, -0.15) is 0 Å². The summed E-state index contributed by atoms with van der Waals surface area (Å²) in [6, 6.07) is 6.89. The molecule has 3 rings (SSSR count). The van der Waals surface area contributed by atoms with Gasteiger partial charge in [-0.05, 0) is 45.9 Å². The lowest BCUT2D eigenvalue weighted by Gasteiger charge is -2.20. The van der Waals surface area contributed by atoms with Crippen molar-refractivity contribution < 1.29 is 16.8 Å². The molecule has 0 bridgehead atoms. The predicted molar refractivity (Wildman–Crippen MR) is 115 cm³/mol. The molecule has 0 saturated carbocycles. The highest BCUT2D eigenvalue weighted by Gasteiger charge is 2.31. The van der Waals surface area contributed by atoms with E-state index in [1.165, 1.54) is 6.20 Å². The Morgan fingerprint density at radius 1 is 0.667 bits per heavy atom. The van der Waals surface area contributed by atoms with Crippen LogP contribution in [0.4, 0.5) is 0 Å². The van der Waals surface area contributed by atoms with Crippen LogP contribution in [-0.2, 0) is 30.9 Å². The zero-order valence-electron chi connectivity index (χ0n) is 16.9. The zero-order valence-corrected chi connectivity index (χ0v) is 18.7. The second-order valence-corrected chi connectivity index (χ2v) is 11.0. The minimum absolute atomic E-state index is 0.325. The van der Waals surface area contributed by atoms with E-state index < -0.39 is 30.9 Å². The second-order valence-electron chi connectivity index (χ2n) is 7.73. The van der Waals surface area contributed by atoms with Crippen molar-refractivity contribution in [1.82, 2.24) is 19.9 Å². The van der Waals surface area contributed by atoms with Crippen molar-refractivity contribution in [2.45, 2.75) is 37.2 Å². The molecule has 30 heavy (non-hydrogen) atoms. The van der Waals surface area contributed by atoms with Gasteiger partial charge in [-0.3, -0.25) is 9.97 Å². The molecule has 3 heterocycles. The molecule has 8 nitrogen and oxygen atoms in total. The highest BCUT2D eigenvalue weighted by molar-refractivity contribution is 7.73. The van der Waals surface area contributed by atoms with E-state index in [1.807, 2.05) is 0 Å². The van der Waals surface area contributed by atoms with Crippen LogP contribution in [0, 0.1) is 0 Å². The van der Waals surface area contributed by atoms with Gasteiger partial charge >= 0.3 is 0 Å². The molecule has 0 radical (unpaired) electrons. The van der Waals surface area contributed by atoms with Gasteiger partial charge in [-0.1, -0.05) is 6.07 Å². The Bertz CT molecular complexity index is 1120. The van der Waals surface area contributed by atoms with E-state index in [9.17, 15) is 16.8 Å². The summed E-state index contributed by atoms with van der Waals surface area (Å²) in [6.45, 7) is 6.33. The third kappa shape index (κ3) is 3.97. The van der Waals surface area contributed by atoms with E-state index >= 15 is 0 Å². The largest absolute Gasteiger partial charge is 0.259 e. The summed E-state index contributed by atoms with van der Waals surface area (Å²) in [5.74, 6) is 0.325. The summed E-state index contributed by atoms with van der Waals surface area (Å²) in [4.78, 5) is 17.3. The van der Waals surface area contributed by atoms with Crippen LogP contribution in [0.15, 0.2) is 49.1 Å². The van der Waals surface area contributed by atoms with Gasteiger partial charge in [0.2, 0.25) is 0 Å². The Morgan fingerprint density at radius 3 is 1.57 bits per heavy atom. The van der Waals surface area contributed by atoms with Crippen LogP contribution in [0.25, 0.3) is 22.5 Å². The van der Waals surface area contributed by atoms with Gasteiger partial charge in [0.25, 0.3) is 0 Å². The highest BCUT2D eigenvalue weighted by atomic mass is 32.2. The van der Waals surface area contributed by atoms with Crippen LogP contribution in [-0.4, -0.2) is 36.8 Å². The van der Waals surface area contributed by atoms with Gasteiger partial charge in [0.15, 0.2) is 27.2 Å². The molecule has 0 fully saturated rings. The number of aromatic nitrogens is 4. The molecule has 0 saturated heterocycles.